The van der Waals surface area contributed by atoms with Crippen LogP contribution in [0.15, 0.2) is 42.6 Å². The molecule has 1 aromatic heterocycles. The highest BCUT2D eigenvalue weighted by molar-refractivity contribution is 5.58. The van der Waals surface area contributed by atoms with Crippen molar-refractivity contribution in [2.45, 2.75) is 26.2 Å². The van der Waals surface area contributed by atoms with Crippen LogP contribution in [0.25, 0.3) is 0 Å². The molecule has 4 nitrogen and oxygen atoms in total. The highest BCUT2D eigenvalue weighted by atomic mass is 15.3. The molecule has 110 valence electrons. The number of piperidine rings is 1. The van der Waals surface area contributed by atoms with Gasteiger partial charge in [-0.15, -0.1) is 0 Å². The summed E-state index contributed by atoms with van der Waals surface area (Å²) >= 11 is 0. The average molecular weight is 282 g/mol. The topological polar surface area (TPSA) is 32.3 Å². The monoisotopic (exact) mass is 282 g/mol. The van der Waals surface area contributed by atoms with Gasteiger partial charge in [-0.3, -0.25) is 0 Å². The zero-order valence-electron chi connectivity index (χ0n) is 12.6. The summed E-state index contributed by atoms with van der Waals surface area (Å²) in [7, 11) is 0. The molecule has 0 saturated carbocycles. The van der Waals surface area contributed by atoms with E-state index in [2.05, 4.69) is 33.8 Å². The minimum Gasteiger partial charge on any atom is -0.356 e. The molecule has 0 radical (unpaired) electrons. The number of benzene rings is 1. The van der Waals surface area contributed by atoms with Crippen LogP contribution < -0.4 is 9.80 Å². The first-order chi connectivity index (χ1) is 10.4. The maximum absolute atomic E-state index is 4.78. The molecule has 2 aromatic rings. The first kappa shape index (κ1) is 13.9. The van der Waals surface area contributed by atoms with Crippen LogP contribution in [0.1, 0.15) is 26.2 Å². The predicted molar refractivity (Wildman–Crippen MR) is 87.2 cm³/mol. The zero-order valence-corrected chi connectivity index (χ0v) is 12.6. The molecule has 0 aliphatic carbocycles. The molecule has 0 atom stereocenters. The van der Waals surface area contributed by atoms with Gasteiger partial charge in [0.1, 0.15) is 5.82 Å². The van der Waals surface area contributed by atoms with Gasteiger partial charge in [0.25, 0.3) is 0 Å². The van der Waals surface area contributed by atoms with E-state index in [-0.39, 0.29) is 0 Å². The van der Waals surface area contributed by atoms with Crippen molar-refractivity contribution in [3.05, 3.63) is 42.6 Å². The molecule has 1 aliphatic rings. The van der Waals surface area contributed by atoms with Crippen LogP contribution in [-0.2, 0) is 0 Å². The van der Waals surface area contributed by atoms with Gasteiger partial charge in [0.2, 0.25) is 5.95 Å². The van der Waals surface area contributed by atoms with Crippen molar-refractivity contribution in [3.63, 3.8) is 0 Å². The van der Waals surface area contributed by atoms with Gasteiger partial charge in [-0.1, -0.05) is 18.2 Å². The van der Waals surface area contributed by atoms with E-state index in [9.17, 15) is 0 Å². The third-order valence-corrected chi connectivity index (χ3v) is 3.93. The Balaban J connectivity index is 1.87. The van der Waals surface area contributed by atoms with Crippen molar-refractivity contribution < 1.29 is 0 Å². The standard InChI is InChI=1S/C17H22N4/c1-2-21(15-9-5-3-6-10-15)17-18-12-11-16(19-17)20-13-7-4-8-14-20/h3,5-6,9-12H,2,4,7-8,13-14H2,1H3. The Labute approximate surface area is 126 Å². The third-order valence-electron chi connectivity index (χ3n) is 3.93. The molecule has 1 aromatic carbocycles. The number of aromatic nitrogens is 2. The lowest BCUT2D eigenvalue weighted by Crippen LogP contribution is -2.30. The summed E-state index contributed by atoms with van der Waals surface area (Å²) in [5.41, 5.74) is 1.13. The molecule has 1 aliphatic heterocycles. The van der Waals surface area contributed by atoms with Crippen molar-refractivity contribution >= 4 is 17.5 Å². The van der Waals surface area contributed by atoms with Gasteiger partial charge in [-0.2, -0.15) is 4.98 Å². The molecule has 2 heterocycles. The van der Waals surface area contributed by atoms with Crippen LogP contribution in [0.5, 0.6) is 0 Å². The Hall–Kier alpha value is -2.10. The fraction of sp³-hybridized carbons (Fsp3) is 0.412. The minimum absolute atomic E-state index is 0.784. The number of hydrogen-bond donors (Lipinski definition) is 0. The van der Waals surface area contributed by atoms with Crippen molar-refractivity contribution in [3.8, 4) is 0 Å². The fourth-order valence-corrected chi connectivity index (χ4v) is 2.82. The van der Waals surface area contributed by atoms with E-state index in [1.807, 2.05) is 30.5 Å². The maximum atomic E-state index is 4.78. The van der Waals surface area contributed by atoms with Crippen molar-refractivity contribution in [1.82, 2.24) is 9.97 Å². The van der Waals surface area contributed by atoms with E-state index in [4.69, 9.17) is 4.98 Å². The Morgan fingerprint density at radius 1 is 1.05 bits per heavy atom. The summed E-state index contributed by atoms with van der Waals surface area (Å²) in [6.45, 7) is 5.19. The Kier molecular flexibility index (Phi) is 4.34. The predicted octanol–water partition coefficient (Wildman–Crippen LogP) is 3.62. The lowest BCUT2D eigenvalue weighted by molar-refractivity contribution is 0.573. The first-order valence-electron chi connectivity index (χ1n) is 7.79. The number of rotatable bonds is 4. The zero-order chi connectivity index (χ0) is 14.5. The summed E-state index contributed by atoms with van der Waals surface area (Å²) in [6, 6.07) is 12.3. The van der Waals surface area contributed by atoms with Gasteiger partial charge in [-0.05, 0) is 44.4 Å². The van der Waals surface area contributed by atoms with Gasteiger partial charge in [-0.25, -0.2) is 4.98 Å². The van der Waals surface area contributed by atoms with E-state index >= 15 is 0 Å². The smallest absolute Gasteiger partial charge is 0.231 e. The number of hydrogen-bond acceptors (Lipinski definition) is 4. The molecule has 3 rings (SSSR count). The molecule has 0 amide bonds. The lowest BCUT2D eigenvalue weighted by Gasteiger charge is -2.29. The Morgan fingerprint density at radius 2 is 1.81 bits per heavy atom. The van der Waals surface area contributed by atoms with Crippen LogP contribution in [0.2, 0.25) is 0 Å². The molecular formula is C17H22N4. The van der Waals surface area contributed by atoms with Crippen molar-refractivity contribution in [1.29, 1.82) is 0 Å². The van der Waals surface area contributed by atoms with E-state index in [1.165, 1.54) is 19.3 Å². The van der Waals surface area contributed by atoms with E-state index in [1.54, 1.807) is 0 Å². The summed E-state index contributed by atoms with van der Waals surface area (Å²) in [5.74, 6) is 1.83. The molecule has 1 fully saturated rings. The molecule has 0 unspecified atom stereocenters. The third kappa shape index (κ3) is 3.15. The number of anilines is 3. The summed E-state index contributed by atoms with van der Waals surface area (Å²) < 4.78 is 0. The summed E-state index contributed by atoms with van der Waals surface area (Å²) in [4.78, 5) is 13.8. The highest BCUT2D eigenvalue weighted by Crippen LogP contribution is 2.24. The van der Waals surface area contributed by atoms with E-state index in [0.717, 1.165) is 37.1 Å². The van der Waals surface area contributed by atoms with Gasteiger partial charge < -0.3 is 9.80 Å². The van der Waals surface area contributed by atoms with Gasteiger partial charge >= 0.3 is 0 Å². The molecule has 0 N–H and O–H groups in total. The van der Waals surface area contributed by atoms with Gasteiger partial charge in [0.05, 0.1) is 0 Å². The molecule has 0 spiro atoms. The largest absolute Gasteiger partial charge is 0.356 e. The molecule has 21 heavy (non-hydrogen) atoms. The molecule has 0 bridgehead atoms. The second-order valence-corrected chi connectivity index (χ2v) is 5.34. The minimum atomic E-state index is 0.784. The number of nitrogens with zero attached hydrogens (tertiary/aromatic N) is 4. The highest BCUT2D eigenvalue weighted by Gasteiger charge is 2.15. The molecule has 1 saturated heterocycles. The van der Waals surface area contributed by atoms with Gasteiger partial charge in [0, 0.05) is 31.5 Å². The number of para-hydroxylation sites is 1. The maximum Gasteiger partial charge on any atom is 0.231 e. The normalized spacial score (nSPS) is 15.0. The van der Waals surface area contributed by atoms with Crippen molar-refractivity contribution in [2.24, 2.45) is 0 Å². The summed E-state index contributed by atoms with van der Waals surface area (Å²) in [5, 5.41) is 0. The van der Waals surface area contributed by atoms with E-state index in [0.29, 0.717) is 0 Å². The van der Waals surface area contributed by atoms with E-state index < -0.39 is 0 Å². The molecular weight excluding hydrogens is 260 g/mol. The first-order valence-corrected chi connectivity index (χ1v) is 7.79. The Bertz CT molecular complexity index is 564. The van der Waals surface area contributed by atoms with Crippen molar-refractivity contribution in [2.75, 3.05) is 29.4 Å². The second-order valence-electron chi connectivity index (χ2n) is 5.34. The van der Waals surface area contributed by atoms with Crippen LogP contribution >= 0.6 is 0 Å². The van der Waals surface area contributed by atoms with Crippen LogP contribution in [-0.4, -0.2) is 29.6 Å². The van der Waals surface area contributed by atoms with Crippen LogP contribution in [0, 0.1) is 0 Å². The quantitative estimate of drug-likeness (QED) is 0.857. The lowest BCUT2D eigenvalue weighted by atomic mass is 10.1. The van der Waals surface area contributed by atoms with Crippen LogP contribution in [0.3, 0.4) is 0 Å². The Morgan fingerprint density at radius 3 is 2.52 bits per heavy atom. The second kappa shape index (κ2) is 6.57. The summed E-state index contributed by atoms with van der Waals surface area (Å²) in [6.07, 6.45) is 5.72. The average Bonchev–Trinajstić information content (AvgIpc) is 2.58. The van der Waals surface area contributed by atoms with Gasteiger partial charge in [0.15, 0.2) is 0 Å². The fourth-order valence-electron chi connectivity index (χ4n) is 2.82. The SMILES string of the molecule is CCN(c1ccccc1)c1nccc(N2CCCCC2)n1. The molecule has 4 heteroatoms. The van der Waals surface area contributed by atoms with Crippen LogP contribution in [0.4, 0.5) is 17.5 Å².